The van der Waals surface area contributed by atoms with Crippen LogP contribution in [0.25, 0.3) is 0 Å². The van der Waals surface area contributed by atoms with Gasteiger partial charge in [0, 0.05) is 12.3 Å². The van der Waals surface area contributed by atoms with Crippen molar-refractivity contribution >= 4 is 5.78 Å². The Labute approximate surface area is 189 Å². The summed E-state index contributed by atoms with van der Waals surface area (Å²) in [7, 11) is 0. The molecule has 0 aromatic rings. The number of hydrogen-bond acceptors (Lipinski definition) is 4. The molecule has 0 aromatic carbocycles. The molecule has 4 nitrogen and oxygen atoms in total. The maximum Gasteiger partial charge on any atom is 0.136 e. The van der Waals surface area contributed by atoms with Crippen molar-refractivity contribution in [1.29, 1.82) is 0 Å². The molecule has 4 fully saturated rings. The van der Waals surface area contributed by atoms with Gasteiger partial charge >= 0.3 is 0 Å². The number of ketones is 1. The zero-order chi connectivity index (χ0) is 22.8. The summed E-state index contributed by atoms with van der Waals surface area (Å²) < 4.78 is 0. The van der Waals surface area contributed by atoms with Crippen molar-refractivity contribution in [2.45, 2.75) is 117 Å². The third-order valence-corrected chi connectivity index (χ3v) is 10.8. The zero-order valence-corrected chi connectivity index (χ0v) is 20.4. The van der Waals surface area contributed by atoms with Crippen molar-refractivity contribution in [3.8, 4) is 0 Å². The Morgan fingerprint density at radius 2 is 1.65 bits per heavy atom. The van der Waals surface area contributed by atoms with E-state index < -0.39 is 17.8 Å². The highest BCUT2D eigenvalue weighted by molar-refractivity contribution is 5.83. The van der Waals surface area contributed by atoms with Crippen molar-refractivity contribution in [2.75, 3.05) is 0 Å². The topological polar surface area (TPSA) is 77.8 Å². The van der Waals surface area contributed by atoms with E-state index in [2.05, 4.69) is 20.8 Å². The molecule has 4 aliphatic rings. The van der Waals surface area contributed by atoms with Gasteiger partial charge in [0.25, 0.3) is 0 Å². The monoisotopic (exact) mass is 434 g/mol. The molecule has 4 heteroatoms. The van der Waals surface area contributed by atoms with Gasteiger partial charge in [-0.05, 0) is 99.2 Å². The lowest BCUT2D eigenvalue weighted by atomic mass is 9.43. The maximum atomic E-state index is 13.5. The van der Waals surface area contributed by atoms with E-state index in [4.69, 9.17) is 0 Å². The molecule has 4 aliphatic carbocycles. The quantitative estimate of drug-likeness (QED) is 0.584. The van der Waals surface area contributed by atoms with Gasteiger partial charge in [-0.15, -0.1) is 0 Å². The van der Waals surface area contributed by atoms with Gasteiger partial charge in [0.15, 0.2) is 0 Å². The van der Waals surface area contributed by atoms with Crippen LogP contribution >= 0.6 is 0 Å². The Hall–Kier alpha value is -0.450. The smallest absolute Gasteiger partial charge is 0.136 e. The van der Waals surface area contributed by atoms with E-state index >= 15 is 0 Å². The first-order chi connectivity index (χ1) is 14.4. The van der Waals surface area contributed by atoms with Crippen LogP contribution in [0.2, 0.25) is 0 Å². The molecule has 31 heavy (non-hydrogen) atoms. The highest BCUT2D eigenvalue weighted by atomic mass is 16.3. The minimum Gasteiger partial charge on any atom is -0.390 e. The van der Waals surface area contributed by atoms with E-state index in [0.29, 0.717) is 42.3 Å². The average Bonchev–Trinajstić information content (AvgIpc) is 3.03. The van der Waals surface area contributed by atoms with Crippen LogP contribution < -0.4 is 0 Å². The summed E-state index contributed by atoms with van der Waals surface area (Å²) in [4.78, 5) is 13.5. The Morgan fingerprint density at radius 3 is 2.32 bits per heavy atom. The molecular weight excluding hydrogens is 388 g/mol. The van der Waals surface area contributed by atoms with Crippen LogP contribution in [0, 0.1) is 46.3 Å². The number of aliphatic hydroxyl groups excluding tert-OH is 2. The SMILES string of the molecule is C[C@H](CCCC(C)(C)O)[C@H]1CC[C@H]2[C@@H]3C(=O)CC4[C@@H](O)[C@@H](O)CC[C@]4(C)[C@H]3CC[C@]12C. The minimum atomic E-state index is -0.746. The fourth-order valence-corrected chi connectivity index (χ4v) is 9.00. The normalized spacial score (nSPS) is 48.6. The summed E-state index contributed by atoms with van der Waals surface area (Å²) in [6, 6.07) is 0. The van der Waals surface area contributed by atoms with Crippen molar-refractivity contribution in [3.05, 3.63) is 0 Å². The van der Waals surface area contributed by atoms with E-state index in [-0.39, 0.29) is 22.7 Å². The van der Waals surface area contributed by atoms with Crippen molar-refractivity contribution in [3.63, 3.8) is 0 Å². The van der Waals surface area contributed by atoms with Gasteiger partial charge in [-0.2, -0.15) is 0 Å². The van der Waals surface area contributed by atoms with E-state index in [1.54, 1.807) is 0 Å². The standard InChI is InChI=1S/C27H46O4/c1-16(7-6-12-25(2,3)31)17-8-9-18-23-19(10-13-26(17,18)4)27(5)14-11-21(28)24(30)20(27)15-22(23)29/h16-21,23-24,28,30-31H,6-15H2,1-5H3/t16-,17-,18+,19+,20?,21+,23+,24-,26-,27-/m1/s1. The lowest BCUT2D eigenvalue weighted by Gasteiger charge is -2.61. The van der Waals surface area contributed by atoms with E-state index in [0.717, 1.165) is 38.5 Å². The summed E-state index contributed by atoms with van der Waals surface area (Å²) in [6.07, 6.45) is 8.36. The summed E-state index contributed by atoms with van der Waals surface area (Å²) in [5.41, 5.74) is -0.367. The summed E-state index contributed by atoms with van der Waals surface area (Å²) >= 11 is 0. The highest BCUT2D eigenvalue weighted by Crippen LogP contribution is 2.67. The van der Waals surface area contributed by atoms with E-state index in [9.17, 15) is 20.1 Å². The van der Waals surface area contributed by atoms with Gasteiger partial charge in [-0.1, -0.05) is 33.6 Å². The third kappa shape index (κ3) is 3.93. The van der Waals surface area contributed by atoms with Crippen molar-refractivity contribution in [2.24, 2.45) is 46.3 Å². The number of hydrogen-bond donors (Lipinski definition) is 3. The second-order valence-corrected chi connectivity index (χ2v) is 13.0. The van der Waals surface area contributed by atoms with Gasteiger partial charge in [0.05, 0.1) is 17.8 Å². The molecular formula is C27H46O4. The Balaban J connectivity index is 1.51. The molecule has 10 atom stereocenters. The predicted molar refractivity (Wildman–Crippen MR) is 122 cm³/mol. The first-order valence-electron chi connectivity index (χ1n) is 13.0. The number of fused-ring (bicyclic) bond motifs is 5. The lowest BCUT2D eigenvalue weighted by Crippen LogP contribution is -2.61. The maximum absolute atomic E-state index is 13.5. The Morgan fingerprint density at radius 1 is 1.00 bits per heavy atom. The van der Waals surface area contributed by atoms with Crippen molar-refractivity contribution in [1.82, 2.24) is 0 Å². The summed E-state index contributed by atoms with van der Waals surface area (Å²) in [5.74, 6) is 2.57. The average molecular weight is 435 g/mol. The molecule has 0 saturated heterocycles. The van der Waals surface area contributed by atoms with Crippen LogP contribution in [-0.2, 0) is 4.79 Å². The zero-order valence-electron chi connectivity index (χ0n) is 20.4. The van der Waals surface area contributed by atoms with Gasteiger partial charge in [-0.3, -0.25) is 4.79 Å². The molecule has 3 N–H and O–H groups in total. The van der Waals surface area contributed by atoms with Crippen LogP contribution in [0.4, 0.5) is 0 Å². The van der Waals surface area contributed by atoms with E-state index in [1.807, 2.05) is 13.8 Å². The van der Waals surface area contributed by atoms with Gasteiger partial charge in [0.2, 0.25) is 0 Å². The second-order valence-electron chi connectivity index (χ2n) is 13.0. The molecule has 4 saturated carbocycles. The Bertz CT molecular complexity index is 683. The van der Waals surface area contributed by atoms with E-state index in [1.165, 1.54) is 12.8 Å². The van der Waals surface area contributed by atoms with Gasteiger partial charge < -0.3 is 15.3 Å². The number of Topliss-reactive ketones (excluding diaryl/α,β-unsaturated/α-hetero) is 1. The highest BCUT2D eigenvalue weighted by Gasteiger charge is 2.64. The molecule has 1 unspecified atom stereocenters. The van der Waals surface area contributed by atoms with Crippen LogP contribution in [0.5, 0.6) is 0 Å². The first-order valence-corrected chi connectivity index (χ1v) is 13.0. The number of carbonyl (C=O) groups is 1. The van der Waals surface area contributed by atoms with Gasteiger partial charge in [-0.25, -0.2) is 0 Å². The van der Waals surface area contributed by atoms with Crippen LogP contribution in [0.3, 0.4) is 0 Å². The third-order valence-electron chi connectivity index (χ3n) is 10.8. The predicted octanol–water partition coefficient (Wildman–Crippen LogP) is 4.73. The molecule has 0 amide bonds. The second kappa shape index (κ2) is 8.09. The molecule has 0 aliphatic heterocycles. The minimum absolute atomic E-state index is 0.0189. The molecule has 0 radical (unpaired) electrons. The summed E-state index contributed by atoms with van der Waals surface area (Å²) in [5, 5.41) is 31.0. The fraction of sp³-hybridized carbons (Fsp3) is 0.963. The summed E-state index contributed by atoms with van der Waals surface area (Å²) in [6.45, 7) is 11.0. The number of carbonyl (C=O) groups excluding carboxylic acids is 1. The van der Waals surface area contributed by atoms with Gasteiger partial charge in [0.1, 0.15) is 5.78 Å². The molecule has 0 heterocycles. The molecule has 4 rings (SSSR count). The number of aliphatic hydroxyl groups is 3. The van der Waals surface area contributed by atoms with Crippen LogP contribution in [0.15, 0.2) is 0 Å². The Kier molecular flexibility index (Phi) is 6.19. The molecule has 0 aromatic heterocycles. The van der Waals surface area contributed by atoms with Crippen LogP contribution in [-0.4, -0.2) is 38.9 Å². The first kappa shape index (κ1) is 23.7. The number of rotatable bonds is 5. The lowest BCUT2D eigenvalue weighted by molar-refractivity contribution is -0.182. The van der Waals surface area contributed by atoms with Crippen LogP contribution in [0.1, 0.15) is 98.8 Å². The molecule has 0 spiro atoms. The van der Waals surface area contributed by atoms with Crippen molar-refractivity contribution < 1.29 is 20.1 Å². The molecule has 178 valence electrons. The fourth-order valence-electron chi connectivity index (χ4n) is 9.00. The molecule has 0 bridgehead atoms. The largest absolute Gasteiger partial charge is 0.390 e.